The largest absolute Gasteiger partial charge is 0.462 e. The Labute approximate surface area is 173 Å². The number of ether oxygens (including phenoxy) is 1. The van der Waals surface area contributed by atoms with E-state index >= 15 is 0 Å². The molecule has 29 heavy (non-hydrogen) atoms. The molecule has 0 radical (unpaired) electrons. The summed E-state index contributed by atoms with van der Waals surface area (Å²) in [5, 5.41) is 2.74. The normalized spacial score (nSPS) is 13.7. The van der Waals surface area contributed by atoms with Crippen molar-refractivity contribution in [1.29, 1.82) is 0 Å². The lowest BCUT2D eigenvalue weighted by atomic mass is 10.2. The van der Waals surface area contributed by atoms with Gasteiger partial charge in [-0.2, -0.15) is 0 Å². The van der Waals surface area contributed by atoms with Gasteiger partial charge in [-0.05, 0) is 25.1 Å². The molecule has 0 bridgehead atoms. The number of halogens is 1. The van der Waals surface area contributed by atoms with Crippen molar-refractivity contribution in [3.05, 3.63) is 58.7 Å². The van der Waals surface area contributed by atoms with E-state index in [2.05, 4.69) is 10.3 Å². The van der Waals surface area contributed by atoms with Crippen LogP contribution in [0.4, 0.5) is 10.6 Å². The standard InChI is InChI=1S/C20H21ClN4O4/c1-2-29-19(27)15-12-16(21)17(22-13-15)24-8-10-25(11-9-24)20(28)23-18(26)14-6-4-3-5-7-14/h3-7,12-13H,2,8-11H2,1H3,(H,23,26,28). The Morgan fingerprint density at radius 2 is 1.79 bits per heavy atom. The number of imide groups is 1. The zero-order chi connectivity index (χ0) is 20.8. The number of hydrogen-bond donors (Lipinski definition) is 1. The van der Waals surface area contributed by atoms with Crippen LogP contribution in [0.5, 0.6) is 0 Å². The van der Waals surface area contributed by atoms with Gasteiger partial charge in [-0.25, -0.2) is 14.6 Å². The number of carbonyl (C=O) groups excluding carboxylic acids is 3. The lowest BCUT2D eigenvalue weighted by molar-refractivity contribution is 0.0525. The van der Waals surface area contributed by atoms with Gasteiger partial charge in [0.2, 0.25) is 0 Å². The molecule has 3 amide bonds. The first-order valence-corrected chi connectivity index (χ1v) is 9.60. The van der Waals surface area contributed by atoms with E-state index in [0.29, 0.717) is 42.6 Å². The van der Waals surface area contributed by atoms with Gasteiger partial charge >= 0.3 is 12.0 Å². The lowest BCUT2D eigenvalue weighted by Gasteiger charge is -2.35. The van der Waals surface area contributed by atoms with Crippen LogP contribution in [0.25, 0.3) is 0 Å². The van der Waals surface area contributed by atoms with Crippen LogP contribution in [0.15, 0.2) is 42.6 Å². The summed E-state index contributed by atoms with van der Waals surface area (Å²) in [4.78, 5) is 44.0. The fraction of sp³-hybridized carbons (Fsp3) is 0.300. The number of anilines is 1. The van der Waals surface area contributed by atoms with Crippen molar-refractivity contribution >= 4 is 35.3 Å². The average Bonchev–Trinajstić information content (AvgIpc) is 2.74. The smallest absolute Gasteiger partial charge is 0.339 e. The lowest BCUT2D eigenvalue weighted by Crippen LogP contribution is -2.53. The van der Waals surface area contributed by atoms with E-state index in [0.717, 1.165) is 0 Å². The van der Waals surface area contributed by atoms with Crippen molar-refractivity contribution in [1.82, 2.24) is 15.2 Å². The minimum atomic E-state index is -0.474. The Kier molecular flexibility index (Phi) is 6.66. The third-order valence-electron chi connectivity index (χ3n) is 4.46. The van der Waals surface area contributed by atoms with Gasteiger partial charge in [0.05, 0.1) is 17.2 Å². The highest BCUT2D eigenvalue weighted by molar-refractivity contribution is 6.33. The number of benzene rings is 1. The Morgan fingerprint density at radius 1 is 1.10 bits per heavy atom. The number of hydrogen-bond acceptors (Lipinski definition) is 6. The third-order valence-corrected chi connectivity index (χ3v) is 4.73. The van der Waals surface area contributed by atoms with E-state index < -0.39 is 17.9 Å². The summed E-state index contributed by atoms with van der Waals surface area (Å²) in [6, 6.07) is 9.66. The van der Waals surface area contributed by atoms with Crippen LogP contribution in [-0.2, 0) is 4.74 Å². The topological polar surface area (TPSA) is 91.8 Å². The Morgan fingerprint density at radius 3 is 2.41 bits per heavy atom. The van der Waals surface area contributed by atoms with Crippen molar-refractivity contribution < 1.29 is 19.1 Å². The Balaban J connectivity index is 1.57. The molecule has 0 unspecified atom stereocenters. The second kappa shape index (κ2) is 9.38. The predicted octanol–water partition coefficient (Wildman–Crippen LogP) is 2.58. The molecule has 152 valence electrons. The van der Waals surface area contributed by atoms with Gasteiger partial charge in [0.25, 0.3) is 5.91 Å². The van der Waals surface area contributed by atoms with Gasteiger partial charge in [0, 0.05) is 37.9 Å². The molecule has 1 saturated heterocycles. The number of aromatic nitrogens is 1. The summed E-state index contributed by atoms with van der Waals surface area (Å²) in [6.07, 6.45) is 1.43. The van der Waals surface area contributed by atoms with Gasteiger partial charge in [0.15, 0.2) is 0 Å². The molecule has 1 fully saturated rings. The highest BCUT2D eigenvalue weighted by Crippen LogP contribution is 2.25. The van der Waals surface area contributed by atoms with E-state index in [1.54, 1.807) is 42.2 Å². The zero-order valence-corrected chi connectivity index (χ0v) is 16.7. The van der Waals surface area contributed by atoms with Crippen molar-refractivity contribution in [3.63, 3.8) is 0 Å². The van der Waals surface area contributed by atoms with Crippen LogP contribution >= 0.6 is 11.6 Å². The maximum Gasteiger partial charge on any atom is 0.339 e. The maximum atomic E-state index is 12.4. The number of nitrogens with one attached hydrogen (secondary N) is 1. The minimum Gasteiger partial charge on any atom is -0.462 e. The molecule has 8 nitrogen and oxygen atoms in total. The number of nitrogens with zero attached hydrogens (tertiary/aromatic N) is 3. The molecule has 2 aromatic rings. The van der Waals surface area contributed by atoms with Crippen LogP contribution in [-0.4, -0.2) is 60.6 Å². The van der Waals surface area contributed by atoms with Crippen molar-refractivity contribution in [2.24, 2.45) is 0 Å². The van der Waals surface area contributed by atoms with Crippen LogP contribution in [0.2, 0.25) is 5.02 Å². The number of esters is 1. The van der Waals surface area contributed by atoms with Crippen molar-refractivity contribution in [2.45, 2.75) is 6.92 Å². The maximum absolute atomic E-state index is 12.4. The average molecular weight is 417 g/mol. The molecule has 1 aliphatic rings. The first-order chi connectivity index (χ1) is 14.0. The van der Waals surface area contributed by atoms with Crippen LogP contribution < -0.4 is 10.2 Å². The van der Waals surface area contributed by atoms with Crippen LogP contribution in [0.3, 0.4) is 0 Å². The first-order valence-electron chi connectivity index (χ1n) is 9.22. The molecular formula is C20H21ClN4O4. The SMILES string of the molecule is CCOC(=O)c1cnc(N2CCN(C(=O)NC(=O)c3ccccc3)CC2)c(Cl)c1. The number of piperazine rings is 1. The Hall–Kier alpha value is -3.13. The fourth-order valence-electron chi connectivity index (χ4n) is 2.95. The summed E-state index contributed by atoms with van der Waals surface area (Å²) >= 11 is 6.29. The second-order valence-corrected chi connectivity index (χ2v) is 6.76. The van der Waals surface area contributed by atoms with Gasteiger partial charge in [0.1, 0.15) is 5.82 Å². The zero-order valence-electron chi connectivity index (χ0n) is 15.9. The van der Waals surface area contributed by atoms with Gasteiger partial charge in [-0.1, -0.05) is 29.8 Å². The number of urea groups is 1. The molecule has 2 heterocycles. The van der Waals surface area contributed by atoms with Gasteiger partial charge in [-0.15, -0.1) is 0 Å². The minimum absolute atomic E-state index is 0.273. The number of amides is 3. The number of carbonyl (C=O) groups is 3. The second-order valence-electron chi connectivity index (χ2n) is 6.35. The van der Waals surface area contributed by atoms with Gasteiger partial charge < -0.3 is 14.5 Å². The molecule has 0 spiro atoms. The van der Waals surface area contributed by atoms with E-state index in [1.807, 2.05) is 4.90 Å². The molecule has 1 aromatic carbocycles. The molecule has 0 saturated carbocycles. The Bertz CT molecular complexity index is 899. The molecule has 1 aromatic heterocycles. The van der Waals surface area contributed by atoms with Crippen molar-refractivity contribution in [2.75, 3.05) is 37.7 Å². The van der Waals surface area contributed by atoms with Gasteiger partial charge in [-0.3, -0.25) is 10.1 Å². The van der Waals surface area contributed by atoms with E-state index in [1.165, 1.54) is 12.3 Å². The monoisotopic (exact) mass is 416 g/mol. The summed E-state index contributed by atoms with van der Waals surface area (Å²) < 4.78 is 4.94. The highest BCUT2D eigenvalue weighted by atomic mass is 35.5. The quantitative estimate of drug-likeness (QED) is 0.770. The summed E-state index contributed by atoms with van der Waals surface area (Å²) in [5.74, 6) is -0.365. The molecule has 9 heteroatoms. The number of rotatable bonds is 4. The summed E-state index contributed by atoms with van der Waals surface area (Å²) in [6.45, 7) is 3.81. The summed E-state index contributed by atoms with van der Waals surface area (Å²) in [7, 11) is 0. The highest BCUT2D eigenvalue weighted by Gasteiger charge is 2.25. The van der Waals surface area contributed by atoms with Crippen LogP contribution in [0.1, 0.15) is 27.6 Å². The van der Waals surface area contributed by atoms with E-state index in [4.69, 9.17) is 16.3 Å². The van der Waals surface area contributed by atoms with Crippen LogP contribution in [0, 0.1) is 0 Å². The van der Waals surface area contributed by atoms with Crippen molar-refractivity contribution in [3.8, 4) is 0 Å². The molecular weight excluding hydrogens is 396 g/mol. The molecule has 0 atom stereocenters. The molecule has 1 N–H and O–H groups in total. The van der Waals surface area contributed by atoms with E-state index in [9.17, 15) is 14.4 Å². The molecule has 1 aliphatic heterocycles. The predicted molar refractivity (Wildman–Crippen MR) is 108 cm³/mol. The molecule has 3 rings (SSSR count). The fourth-order valence-corrected chi connectivity index (χ4v) is 3.23. The third kappa shape index (κ3) is 5.03. The molecule has 0 aliphatic carbocycles. The summed E-state index contributed by atoms with van der Waals surface area (Å²) in [5.41, 5.74) is 0.718. The van der Waals surface area contributed by atoms with E-state index in [-0.39, 0.29) is 12.2 Å². The number of pyridine rings is 1. The first kappa shape index (κ1) is 20.6.